The van der Waals surface area contributed by atoms with Gasteiger partial charge in [0.15, 0.2) is 0 Å². The van der Waals surface area contributed by atoms with Crippen LogP contribution in [-0.2, 0) is 4.57 Å². The van der Waals surface area contributed by atoms with Crippen LogP contribution in [-0.4, -0.2) is 9.79 Å². The van der Waals surface area contributed by atoms with Crippen LogP contribution in [0.25, 0.3) is 0 Å². The molecule has 0 aliphatic heterocycles. The second-order valence-corrected chi connectivity index (χ2v) is 4.76. The van der Waals surface area contributed by atoms with Gasteiger partial charge in [0, 0.05) is 5.02 Å². The quantitative estimate of drug-likeness (QED) is 0.661. The van der Waals surface area contributed by atoms with Gasteiger partial charge in [-0.2, -0.15) is 0 Å². The first-order valence-corrected chi connectivity index (χ1v) is 5.53. The van der Waals surface area contributed by atoms with Crippen LogP contribution >= 0.6 is 19.2 Å². The molecule has 0 aliphatic carbocycles. The highest BCUT2D eigenvalue weighted by molar-refractivity contribution is 7.52. The first-order valence-electron chi connectivity index (χ1n) is 3.47. The average molecular weight is 222 g/mol. The van der Waals surface area contributed by atoms with Crippen molar-refractivity contribution in [3.63, 3.8) is 0 Å². The molecule has 1 aromatic carbocycles. The fourth-order valence-electron chi connectivity index (χ4n) is 0.885. The van der Waals surface area contributed by atoms with Gasteiger partial charge in [-0.15, -0.1) is 0 Å². The molecule has 0 fully saturated rings. The Morgan fingerprint density at radius 3 is 2.54 bits per heavy atom. The van der Waals surface area contributed by atoms with Crippen LogP contribution in [0.1, 0.15) is 11.3 Å². The van der Waals surface area contributed by atoms with Crippen LogP contribution in [0.5, 0.6) is 0 Å². The number of nitrogens with two attached hydrogens (primary N) is 1. The maximum atomic E-state index is 10.8. The number of hydrogen-bond donors (Lipinski definition) is 3. The summed E-state index contributed by atoms with van der Waals surface area (Å²) < 4.78 is 10.8. The molecule has 13 heavy (non-hydrogen) atoms. The van der Waals surface area contributed by atoms with Crippen molar-refractivity contribution in [3.8, 4) is 0 Å². The van der Waals surface area contributed by atoms with Crippen LogP contribution in [0.2, 0.25) is 5.02 Å². The number of benzene rings is 1. The first-order chi connectivity index (χ1) is 5.91. The van der Waals surface area contributed by atoms with Gasteiger partial charge in [0.2, 0.25) is 0 Å². The Bertz CT molecular complexity index is 351. The van der Waals surface area contributed by atoms with Crippen molar-refractivity contribution in [2.75, 3.05) is 0 Å². The molecule has 4 nitrogen and oxygen atoms in total. The van der Waals surface area contributed by atoms with Crippen molar-refractivity contribution in [1.82, 2.24) is 0 Å². The van der Waals surface area contributed by atoms with Gasteiger partial charge in [0.05, 0.1) is 0 Å². The SMILES string of the molecule is NC(c1cccc(Cl)c1)P(=O)(O)O. The van der Waals surface area contributed by atoms with Gasteiger partial charge in [0.1, 0.15) is 5.78 Å². The Kier molecular flexibility index (Phi) is 3.11. The molecule has 1 unspecified atom stereocenters. The third kappa shape index (κ3) is 2.79. The van der Waals surface area contributed by atoms with Crippen molar-refractivity contribution in [2.24, 2.45) is 5.73 Å². The number of rotatable bonds is 2. The topological polar surface area (TPSA) is 83.6 Å². The summed E-state index contributed by atoms with van der Waals surface area (Å²) >= 11 is 5.63. The molecule has 6 heteroatoms. The molecule has 72 valence electrons. The molecule has 0 spiro atoms. The maximum Gasteiger partial charge on any atom is 0.346 e. The second-order valence-electron chi connectivity index (χ2n) is 2.59. The van der Waals surface area contributed by atoms with Crippen molar-refractivity contribution < 1.29 is 14.4 Å². The van der Waals surface area contributed by atoms with E-state index in [1.54, 1.807) is 12.1 Å². The molecular weight excluding hydrogens is 213 g/mol. The standard InChI is InChI=1S/C7H9ClNO3P/c8-6-3-1-2-5(4-6)7(9)13(10,11)12/h1-4,7H,9H2,(H2,10,11,12). The molecule has 0 bridgehead atoms. The lowest BCUT2D eigenvalue weighted by Crippen LogP contribution is -2.10. The van der Waals surface area contributed by atoms with E-state index in [0.717, 1.165) is 0 Å². The van der Waals surface area contributed by atoms with E-state index in [1.807, 2.05) is 0 Å². The highest BCUT2D eigenvalue weighted by Gasteiger charge is 2.26. The molecule has 1 rings (SSSR count). The number of hydrogen-bond acceptors (Lipinski definition) is 2. The van der Waals surface area contributed by atoms with Gasteiger partial charge < -0.3 is 15.5 Å². The van der Waals surface area contributed by atoms with Crippen LogP contribution < -0.4 is 5.73 Å². The van der Waals surface area contributed by atoms with Crippen LogP contribution in [0.4, 0.5) is 0 Å². The van der Waals surface area contributed by atoms with Gasteiger partial charge in [-0.3, -0.25) is 4.57 Å². The Balaban J connectivity index is 3.02. The minimum absolute atomic E-state index is 0.334. The summed E-state index contributed by atoms with van der Waals surface area (Å²) in [5.41, 5.74) is 5.65. The molecule has 0 saturated carbocycles. The zero-order valence-electron chi connectivity index (χ0n) is 6.59. The van der Waals surface area contributed by atoms with Crippen molar-refractivity contribution >= 4 is 19.2 Å². The van der Waals surface area contributed by atoms with E-state index >= 15 is 0 Å². The van der Waals surface area contributed by atoms with Crippen LogP contribution in [0.15, 0.2) is 24.3 Å². The molecule has 0 aliphatic rings. The van der Waals surface area contributed by atoms with E-state index in [9.17, 15) is 4.57 Å². The van der Waals surface area contributed by atoms with E-state index in [2.05, 4.69) is 0 Å². The summed E-state index contributed by atoms with van der Waals surface area (Å²) in [6.45, 7) is 0. The minimum Gasteiger partial charge on any atom is -0.323 e. The molecule has 0 heterocycles. The fraction of sp³-hybridized carbons (Fsp3) is 0.143. The molecule has 0 amide bonds. The van der Waals surface area contributed by atoms with Gasteiger partial charge >= 0.3 is 7.60 Å². The summed E-state index contributed by atoms with van der Waals surface area (Å²) in [6, 6.07) is 6.16. The van der Waals surface area contributed by atoms with Gasteiger partial charge in [-0.05, 0) is 17.7 Å². The largest absolute Gasteiger partial charge is 0.346 e. The van der Waals surface area contributed by atoms with E-state index in [4.69, 9.17) is 27.1 Å². The molecule has 1 aromatic rings. The lowest BCUT2D eigenvalue weighted by Gasteiger charge is -2.13. The lowest BCUT2D eigenvalue weighted by molar-refractivity contribution is 0.359. The molecule has 0 radical (unpaired) electrons. The van der Waals surface area contributed by atoms with Crippen LogP contribution in [0, 0.1) is 0 Å². The smallest absolute Gasteiger partial charge is 0.323 e. The predicted molar refractivity (Wildman–Crippen MR) is 50.4 cm³/mol. The first kappa shape index (κ1) is 10.7. The molecule has 0 saturated heterocycles. The zero-order valence-corrected chi connectivity index (χ0v) is 8.24. The monoisotopic (exact) mass is 221 g/mol. The molecular formula is C7H9ClNO3P. The highest BCUT2D eigenvalue weighted by Crippen LogP contribution is 2.48. The van der Waals surface area contributed by atoms with E-state index < -0.39 is 13.4 Å². The normalized spacial score (nSPS) is 14.2. The summed E-state index contributed by atoms with van der Waals surface area (Å²) in [4.78, 5) is 17.5. The fourth-order valence-corrected chi connectivity index (χ4v) is 1.63. The maximum absolute atomic E-state index is 10.8. The van der Waals surface area contributed by atoms with Crippen LogP contribution in [0.3, 0.4) is 0 Å². The molecule has 0 aromatic heterocycles. The Labute approximate surface area is 80.5 Å². The summed E-state index contributed by atoms with van der Waals surface area (Å²) in [6.07, 6.45) is 0. The van der Waals surface area contributed by atoms with Crippen molar-refractivity contribution in [2.45, 2.75) is 5.78 Å². The van der Waals surface area contributed by atoms with Gasteiger partial charge in [-0.1, -0.05) is 23.7 Å². The third-order valence-corrected chi connectivity index (χ3v) is 2.81. The lowest BCUT2D eigenvalue weighted by atomic mass is 10.2. The second kappa shape index (κ2) is 3.78. The number of halogens is 1. The third-order valence-electron chi connectivity index (χ3n) is 1.55. The highest BCUT2D eigenvalue weighted by atomic mass is 35.5. The van der Waals surface area contributed by atoms with Crippen molar-refractivity contribution in [3.05, 3.63) is 34.9 Å². The predicted octanol–water partition coefficient (Wildman–Crippen LogP) is 1.47. The Hall–Kier alpha value is -0.380. The van der Waals surface area contributed by atoms with E-state index in [-0.39, 0.29) is 0 Å². The zero-order chi connectivity index (χ0) is 10.1. The Morgan fingerprint density at radius 2 is 2.08 bits per heavy atom. The average Bonchev–Trinajstić information content (AvgIpc) is 2.01. The van der Waals surface area contributed by atoms with E-state index in [1.165, 1.54) is 12.1 Å². The molecule has 4 N–H and O–H groups in total. The van der Waals surface area contributed by atoms with Crippen molar-refractivity contribution in [1.29, 1.82) is 0 Å². The van der Waals surface area contributed by atoms with E-state index in [0.29, 0.717) is 10.6 Å². The summed E-state index contributed by atoms with van der Waals surface area (Å²) in [5, 5.41) is 0.404. The summed E-state index contributed by atoms with van der Waals surface area (Å²) in [5.74, 6) is -1.30. The van der Waals surface area contributed by atoms with Gasteiger partial charge in [-0.25, -0.2) is 0 Å². The Morgan fingerprint density at radius 1 is 1.46 bits per heavy atom. The molecule has 1 atom stereocenters. The minimum atomic E-state index is -4.28. The van der Waals surface area contributed by atoms with Gasteiger partial charge in [0.25, 0.3) is 0 Å². The summed E-state index contributed by atoms with van der Waals surface area (Å²) in [7, 11) is -4.28.